The molecule has 2 aromatic rings. The lowest BCUT2D eigenvalue weighted by Gasteiger charge is -2.16. The molecule has 11 heteroatoms. The lowest BCUT2D eigenvalue weighted by atomic mass is 10.1. The van der Waals surface area contributed by atoms with Crippen molar-refractivity contribution in [1.29, 1.82) is 0 Å². The highest BCUT2D eigenvalue weighted by Crippen LogP contribution is 2.30. The summed E-state index contributed by atoms with van der Waals surface area (Å²) in [6, 6.07) is 7.06. The maximum Gasteiger partial charge on any atom is 0.373 e. The van der Waals surface area contributed by atoms with Gasteiger partial charge in [-0.25, -0.2) is 14.4 Å². The lowest BCUT2D eigenvalue weighted by molar-refractivity contribution is -0.150. The van der Waals surface area contributed by atoms with E-state index in [0.29, 0.717) is 17.1 Å². The van der Waals surface area contributed by atoms with Crippen molar-refractivity contribution >= 4 is 30.0 Å². The highest BCUT2D eigenvalue weighted by Gasteiger charge is 2.34. The monoisotopic (exact) mass is 472 g/mol. The van der Waals surface area contributed by atoms with E-state index in [1.807, 2.05) is 0 Å². The van der Waals surface area contributed by atoms with Crippen LogP contribution in [0.25, 0.3) is 6.08 Å². The number of benzene rings is 1. The number of carbonyl (C=O) groups excluding carboxylic acids is 4. The largest absolute Gasteiger partial charge is 0.493 e. The van der Waals surface area contributed by atoms with Gasteiger partial charge in [-0.05, 0) is 49.8 Å². The van der Waals surface area contributed by atoms with Crippen LogP contribution in [0.1, 0.15) is 35.7 Å². The molecular formula is C23H24N2O9. The van der Waals surface area contributed by atoms with E-state index in [0.717, 1.165) is 4.90 Å². The zero-order valence-corrected chi connectivity index (χ0v) is 19.1. The topological polar surface area (TPSA) is 134 Å². The first-order valence-corrected chi connectivity index (χ1v) is 10.3. The Kier molecular flexibility index (Phi) is 7.57. The van der Waals surface area contributed by atoms with Crippen LogP contribution < -0.4 is 14.8 Å². The van der Waals surface area contributed by atoms with Crippen LogP contribution in [0.2, 0.25) is 0 Å². The van der Waals surface area contributed by atoms with Crippen molar-refractivity contribution in [2.45, 2.75) is 26.5 Å². The van der Waals surface area contributed by atoms with Crippen LogP contribution in [0.15, 0.2) is 40.4 Å². The molecule has 1 N–H and O–H groups in total. The van der Waals surface area contributed by atoms with Gasteiger partial charge in [0.1, 0.15) is 11.5 Å². The van der Waals surface area contributed by atoms with Crippen molar-refractivity contribution in [3.63, 3.8) is 0 Å². The van der Waals surface area contributed by atoms with E-state index in [4.69, 9.17) is 18.6 Å². The Morgan fingerprint density at radius 2 is 1.91 bits per heavy atom. The van der Waals surface area contributed by atoms with E-state index in [-0.39, 0.29) is 30.4 Å². The van der Waals surface area contributed by atoms with E-state index in [2.05, 4.69) is 10.1 Å². The molecule has 0 aliphatic carbocycles. The minimum atomic E-state index is -0.844. The van der Waals surface area contributed by atoms with Gasteiger partial charge in [0.2, 0.25) is 5.76 Å². The molecule has 180 valence electrons. The Morgan fingerprint density at radius 3 is 2.59 bits per heavy atom. The molecule has 34 heavy (non-hydrogen) atoms. The third kappa shape index (κ3) is 5.37. The quantitative estimate of drug-likeness (QED) is 0.332. The zero-order chi connectivity index (χ0) is 24.8. The summed E-state index contributed by atoms with van der Waals surface area (Å²) in [5.74, 6) is -0.905. The van der Waals surface area contributed by atoms with Gasteiger partial charge in [0.25, 0.3) is 5.91 Å². The van der Waals surface area contributed by atoms with E-state index in [9.17, 15) is 19.2 Å². The van der Waals surface area contributed by atoms with Crippen LogP contribution in [0.3, 0.4) is 0 Å². The summed E-state index contributed by atoms with van der Waals surface area (Å²) in [5, 5.41) is 2.51. The predicted octanol–water partition coefficient (Wildman–Crippen LogP) is 2.50. The summed E-state index contributed by atoms with van der Waals surface area (Å²) >= 11 is 0. The molecular weight excluding hydrogens is 448 g/mol. The van der Waals surface area contributed by atoms with Crippen LogP contribution in [0.5, 0.6) is 11.5 Å². The SMILES string of the molecule is CCOC(=O)C(C)Oc1ccc(C=C2NC(=O)N(Cc3ccc(C(=O)OC)o3)C2=O)cc1OC. The van der Waals surface area contributed by atoms with Crippen LogP contribution in [0.4, 0.5) is 4.79 Å². The number of hydrogen-bond donors (Lipinski definition) is 1. The number of hydrogen-bond acceptors (Lipinski definition) is 9. The third-order valence-corrected chi connectivity index (χ3v) is 4.75. The number of amides is 3. The highest BCUT2D eigenvalue weighted by atomic mass is 16.6. The smallest absolute Gasteiger partial charge is 0.373 e. The van der Waals surface area contributed by atoms with Gasteiger partial charge < -0.3 is 28.7 Å². The second kappa shape index (κ2) is 10.6. The fraction of sp³-hybridized carbons (Fsp3) is 0.304. The number of ether oxygens (including phenoxy) is 4. The molecule has 1 saturated heterocycles. The number of rotatable bonds is 9. The maximum absolute atomic E-state index is 12.8. The first-order chi connectivity index (χ1) is 16.3. The first kappa shape index (κ1) is 24.4. The number of furan rings is 1. The lowest BCUT2D eigenvalue weighted by Crippen LogP contribution is -2.30. The Morgan fingerprint density at radius 1 is 1.15 bits per heavy atom. The van der Waals surface area contributed by atoms with Gasteiger partial charge in [-0.3, -0.25) is 9.69 Å². The van der Waals surface area contributed by atoms with Gasteiger partial charge in [0.05, 0.1) is 27.4 Å². The van der Waals surface area contributed by atoms with Gasteiger partial charge in [-0.1, -0.05) is 6.07 Å². The fourth-order valence-corrected chi connectivity index (χ4v) is 3.08. The summed E-state index contributed by atoms with van der Waals surface area (Å²) in [5.41, 5.74) is 0.588. The minimum absolute atomic E-state index is 0.0352. The summed E-state index contributed by atoms with van der Waals surface area (Å²) in [4.78, 5) is 49.4. The summed E-state index contributed by atoms with van der Waals surface area (Å²) < 4.78 is 25.8. The Balaban J connectivity index is 1.74. The minimum Gasteiger partial charge on any atom is -0.493 e. The van der Waals surface area contributed by atoms with Crippen LogP contribution in [-0.4, -0.2) is 55.7 Å². The van der Waals surface area contributed by atoms with Crippen molar-refractivity contribution in [2.24, 2.45) is 0 Å². The average Bonchev–Trinajstić information content (AvgIpc) is 3.40. The second-order valence-corrected chi connectivity index (χ2v) is 7.06. The van der Waals surface area contributed by atoms with Crippen molar-refractivity contribution in [3.05, 3.63) is 53.1 Å². The molecule has 2 heterocycles. The van der Waals surface area contributed by atoms with Crippen molar-refractivity contribution in [1.82, 2.24) is 10.2 Å². The van der Waals surface area contributed by atoms with Gasteiger partial charge in [-0.2, -0.15) is 0 Å². The molecule has 0 spiro atoms. The summed E-state index contributed by atoms with van der Waals surface area (Å²) in [7, 11) is 2.65. The molecule has 3 rings (SSSR count). The van der Waals surface area contributed by atoms with Crippen molar-refractivity contribution in [2.75, 3.05) is 20.8 Å². The number of imide groups is 1. The molecule has 1 aliphatic rings. The van der Waals surface area contributed by atoms with Crippen molar-refractivity contribution < 1.29 is 42.5 Å². The van der Waals surface area contributed by atoms with E-state index >= 15 is 0 Å². The molecule has 1 aromatic carbocycles. The van der Waals surface area contributed by atoms with Crippen LogP contribution in [-0.2, 0) is 25.6 Å². The molecule has 1 aliphatic heterocycles. The van der Waals surface area contributed by atoms with Crippen LogP contribution in [0, 0.1) is 0 Å². The predicted molar refractivity (Wildman–Crippen MR) is 117 cm³/mol. The maximum atomic E-state index is 12.8. The van der Waals surface area contributed by atoms with Gasteiger partial charge in [-0.15, -0.1) is 0 Å². The molecule has 1 atom stereocenters. The number of methoxy groups -OCH3 is 2. The highest BCUT2D eigenvalue weighted by molar-refractivity contribution is 6.13. The number of esters is 2. The van der Waals surface area contributed by atoms with Gasteiger partial charge in [0.15, 0.2) is 17.6 Å². The Labute approximate surface area is 195 Å². The summed E-state index contributed by atoms with van der Waals surface area (Å²) in [6.45, 7) is 3.33. The van der Waals surface area contributed by atoms with Crippen LogP contribution >= 0.6 is 0 Å². The Hall–Kier alpha value is -4.28. The molecule has 11 nitrogen and oxygen atoms in total. The van der Waals surface area contributed by atoms with Crippen molar-refractivity contribution in [3.8, 4) is 11.5 Å². The summed E-state index contributed by atoms with van der Waals surface area (Å²) in [6.07, 6.45) is 0.632. The van der Waals surface area contributed by atoms with E-state index in [1.54, 1.807) is 32.0 Å². The van der Waals surface area contributed by atoms with Gasteiger partial charge >= 0.3 is 18.0 Å². The van der Waals surface area contributed by atoms with Gasteiger partial charge in [0, 0.05) is 0 Å². The zero-order valence-electron chi connectivity index (χ0n) is 19.1. The number of nitrogens with zero attached hydrogens (tertiary/aromatic N) is 1. The molecule has 1 aromatic heterocycles. The number of nitrogens with one attached hydrogen (secondary N) is 1. The third-order valence-electron chi connectivity index (χ3n) is 4.75. The molecule has 0 bridgehead atoms. The normalized spacial score (nSPS) is 15.2. The standard InChI is InChI=1S/C23H24N2O9/c1-5-32-21(27)13(2)33-17-8-6-14(11-19(17)30-3)10-16-20(26)25(23(29)24-16)12-15-7-9-18(34-15)22(28)31-4/h6-11,13H,5,12H2,1-4H3,(H,24,29). The average molecular weight is 472 g/mol. The number of carbonyl (C=O) groups is 4. The molecule has 3 amide bonds. The first-order valence-electron chi connectivity index (χ1n) is 10.3. The molecule has 1 fully saturated rings. The molecule has 0 saturated carbocycles. The fourth-order valence-electron chi connectivity index (χ4n) is 3.08. The Bertz CT molecular complexity index is 1140. The molecule has 0 radical (unpaired) electrons. The van der Waals surface area contributed by atoms with E-state index < -0.39 is 30.0 Å². The molecule has 1 unspecified atom stereocenters. The van der Waals surface area contributed by atoms with E-state index in [1.165, 1.54) is 32.4 Å². The second-order valence-electron chi connectivity index (χ2n) is 7.06. The number of urea groups is 1.